The summed E-state index contributed by atoms with van der Waals surface area (Å²) in [5.74, 6) is 0.937. The van der Waals surface area contributed by atoms with Crippen LogP contribution in [0.1, 0.15) is 46.0 Å². The van der Waals surface area contributed by atoms with Gasteiger partial charge in [-0.2, -0.15) is 4.73 Å². The fraction of sp³-hybridized carbons (Fsp3) is 0.351. The van der Waals surface area contributed by atoms with Crippen molar-refractivity contribution >= 4 is 41.0 Å². The van der Waals surface area contributed by atoms with Crippen molar-refractivity contribution in [1.82, 2.24) is 9.88 Å². The molecule has 1 unspecified atom stereocenters. The number of rotatable bonds is 12. The number of anilines is 1. The zero-order chi connectivity index (χ0) is 36.1. The van der Waals surface area contributed by atoms with E-state index < -0.39 is 18.2 Å². The van der Waals surface area contributed by atoms with Crippen molar-refractivity contribution in [2.75, 3.05) is 45.9 Å². The molecule has 2 aromatic carbocycles. The summed E-state index contributed by atoms with van der Waals surface area (Å²) < 4.78 is 29.0. The van der Waals surface area contributed by atoms with E-state index in [0.29, 0.717) is 39.0 Å². The van der Waals surface area contributed by atoms with Gasteiger partial charge in [0.05, 0.1) is 33.4 Å². The Kier molecular flexibility index (Phi) is 11.3. The minimum absolute atomic E-state index is 0.0709. The Balaban J connectivity index is 1.23. The summed E-state index contributed by atoms with van der Waals surface area (Å²) in [6, 6.07) is 15.4. The number of amides is 1. The van der Waals surface area contributed by atoms with E-state index in [0.717, 1.165) is 38.0 Å². The zero-order valence-electron chi connectivity index (χ0n) is 28.4. The van der Waals surface area contributed by atoms with Gasteiger partial charge >= 0.3 is 12.1 Å². The van der Waals surface area contributed by atoms with Gasteiger partial charge in [0.15, 0.2) is 23.9 Å². The maximum Gasteiger partial charge on any atom is 0.415 e. The van der Waals surface area contributed by atoms with Crippen molar-refractivity contribution in [1.29, 1.82) is 0 Å². The molecule has 0 aliphatic carbocycles. The van der Waals surface area contributed by atoms with E-state index in [4.69, 9.17) is 46.9 Å². The van der Waals surface area contributed by atoms with Gasteiger partial charge in [-0.1, -0.05) is 41.4 Å². The van der Waals surface area contributed by atoms with Gasteiger partial charge < -0.3 is 28.9 Å². The average Bonchev–Trinajstić information content (AvgIpc) is 3.15. The van der Waals surface area contributed by atoms with Gasteiger partial charge in [0.25, 0.3) is 0 Å². The Hall–Kier alpha value is -4.78. The molecule has 0 N–H and O–H groups in total. The maximum atomic E-state index is 13.8. The highest BCUT2D eigenvalue weighted by Gasteiger charge is 2.38. The third-order valence-corrected chi connectivity index (χ3v) is 9.96. The number of esters is 1. The van der Waals surface area contributed by atoms with Crippen LogP contribution in [0, 0.1) is 11.1 Å². The summed E-state index contributed by atoms with van der Waals surface area (Å²) >= 11 is 12.8. The second-order valence-corrected chi connectivity index (χ2v) is 13.2. The second-order valence-electron chi connectivity index (χ2n) is 12.4. The predicted molar refractivity (Wildman–Crippen MR) is 190 cm³/mol. The fourth-order valence-corrected chi connectivity index (χ4v) is 7.15. The van der Waals surface area contributed by atoms with Gasteiger partial charge in [-0.3, -0.25) is 9.80 Å². The van der Waals surface area contributed by atoms with Crippen LogP contribution in [0.25, 0.3) is 0 Å². The molecular formula is C37H38Cl2N4O8. The first-order chi connectivity index (χ1) is 24.7. The molecule has 4 aromatic rings. The standard InChI is InChI=1S/C37H38Cl2N4O8/c1-47-31-11-10-26(17-33(31)48-2)32(18-27-28(38)20-42(46)21-29(27)39)50-36(44)25-8-6-23(7-9-25)19-43(30-5-4-14-40-35(30)49-3)37(45)51-34-22-41-15-12-24(34)13-16-41/h4-11,14,17,20-21,24,32,34H,12-13,15-16,18-19,22H2,1-3H3/t32?,34-/m0/s1. The molecular weight excluding hydrogens is 699 g/mol. The van der Waals surface area contributed by atoms with E-state index in [1.165, 1.54) is 38.6 Å². The van der Waals surface area contributed by atoms with Crippen molar-refractivity contribution in [3.8, 4) is 17.4 Å². The molecule has 3 fully saturated rings. The number of fused-ring (bicyclic) bond motifs is 3. The van der Waals surface area contributed by atoms with Gasteiger partial charge in [-0.25, -0.2) is 14.6 Å². The van der Waals surface area contributed by atoms with E-state index in [1.54, 1.807) is 60.8 Å². The zero-order valence-corrected chi connectivity index (χ0v) is 29.9. The number of halogens is 2. The highest BCUT2D eigenvalue weighted by atomic mass is 35.5. The minimum Gasteiger partial charge on any atom is -0.619 e. The van der Waals surface area contributed by atoms with Crippen LogP contribution >= 0.6 is 23.2 Å². The molecule has 0 saturated carbocycles. The number of carbonyl (C=O) groups is 2. The Bertz CT molecular complexity index is 1850. The molecule has 2 bridgehead atoms. The Morgan fingerprint density at radius 3 is 2.31 bits per heavy atom. The first-order valence-corrected chi connectivity index (χ1v) is 17.2. The van der Waals surface area contributed by atoms with Crippen molar-refractivity contribution in [2.24, 2.45) is 5.92 Å². The topological polar surface area (TPSA) is 127 Å². The van der Waals surface area contributed by atoms with Crippen LogP contribution in [0.2, 0.25) is 10.0 Å². The first-order valence-electron chi connectivity index (χ1n) is 16.5. The fourth-order valence-electron chi connectivity index (χ4n) is 6.55. The Morgan fingerprint density at radius 2 is 1.69 bits per heavy atom. The largest absolute Gasteiger partial charge is 0.619 e. The van der Waals surface area contributed by atoms with Gasteiger partial charge in [-0.15, -0.1) is 0 Å². The summed E-state index contributed by atoms with van der Waals surface area (Å²) in [4.78, 5) is 35.5. The van der Waals surface area contributed by atoms with Crippen molar-refractivity contribution in [2.45, 2.75) is 38.0 Å². The predicted octanol–water partition coefficient (Wildman–Crippen LogP) is 6.43. The van der Waals surface area contributed by atoms with E-state index in [1.807, 2.05) is 0 Å². The third kappa shape index (κ3) is 8.24. The van der Waals surface area contributed by atoms with Crippen LogP contribution in [0.5, 0.6) is 17.4 Å². The SMILES string of the molecule is COc1ccc(C(Cc2c(Cl)c[n+]([O-])cc2Cl)OC(=O)c2ccc(CN(C(=O)O[C@H]3CN4CCC3CC4)c3cccnc3OC)cc2)cc1OC. The molecule has 12 nitrogen and oxygen atoms in total. The molecule has 51 heavy (non-hydrogen) atoms. The number of hydrogen-bond donors (Lipinski definition) is 0. The summed E-state index contributed by atoms with van der Waals surface area (Å²) in [5, 5.41) is 12.1. The lowest BCUT2D eigenvalue weighted by molar-refractivity contribution is -0.605. The lowest BCUT2D eigenvalue weighted by Crippen LogP contribution is -2.53. The molecule has 268 valence electrons. The number of benzene rings is 2. The van der Waals surface area contributed by atoms with Crippen LogP contribution in [-0.2, 0) is 22.4 Å². The summed E-state index contributed by atoms with van der Waals surface area (Å²) in [7, 11) is 4.53. The third-order valence-electron chi connectivity index (χ3n) is 9.31. The van der Waals surface area contributed by atoms with E-state index in [9.17, 15) is 14.8 Å². The first kappa shape index (κ1) is 36.0. The molecule has 3 aliphatic rings. The molecule has 5 heterocycles. The number of hydrogen-bond acceptors (Lipinski definition) is 10. The summed E-state index contributed by atoms with van der Waals surface area (Å²) in [5.41, 5.74) is 2.49. The summed E-state index contributed by atoms with van der Waals surface area (Å²) in [6.45, 7) is 2.91. The normalized spacial score (nSPS) is 18.4. The van der Waals surface area contributed by atoms with Crippen LogP contribution in [0.4, 0.5) is 10.5 Å². The van der Waals surface area contributed by atoms with E-state index in [2.05, 4.69) is 9.88 Å². The Labute approximate surface area is 305 Å². The van der Waals surface area contributed by atoms with E-state index >= 15 is 0 Å². The monoisotopic (exact) mass is 736 g/mol. The number of piperidine rings is 3. The number of ether oxygens (including phenoxy) is 5. The number of methoxy groups -OCH3 is 3. The molecule has 3 aliphatic heterocycles. The lowest BCUT2D eigenvalue weighted by Gasteiger charge is -2.44. The van der Waals surface area contributed by atoms with Gasteiger partial charge in [0.1, 0.15) is 27.9 Å². The van der Waals surface area contributed by atoms with Crippen molar-refractivity contribution < 1.29 is 38.0 Å². The van der Waals surface area contributed by atoms with Crippen LogP contribution in [-0.4, -0.2) is 69.0 Å². The smallest absolute Gasteiger partial charge is 0.415 e. The van der Waals surface area contributed by atoms with Gasteiger partial charge in [0.2, 0.25) is 5.88 Å². The molecule has 2 atom stereocenters. The Morgan fingerprint density at radius 1 is 0.980 bits per heavy atom. The number of nitrogens with zero attached hydrogens (tertiary/aromatic N) is 4. The van der Waals surface area contributed by atoms with Crippen molar-refractivity contribution in [3.63, 3.8) is 0 Å². The van der Waals surface area contributed by atoms with Crippen LogP contribution < -0.4 is 23.8 Å². The number of carbonyl (C=O) groups excluding carboxylic acids is 2. The van der Waals surface area contributed by atoms with Gasteiger partial charge in [0, 0.05) is 24.7 Å². The molecule has 3 saturated heterocycles. The molecule has 1 amide bonds. The van der Waals surface area contributed by atoms with Crippen molar-refractivity contribution in [3.05, 3.63) is 111 Å². The van der Waals surface area contributed by atoms with Crippen LogP contribution in [0.15, 0.2) is 73.2 Å². The highest BCUT2D eigenvalue weighted by Crippen LogP contribution is 2.36. The lowest BCUT2D eigenvalue weighted by atomic mass is 9.86. The van der Waals surface area contributed by atoms with E-state index in [-0.39, 0.29) is 40.6 Å². The quantitative estimate of drug-likeness (QED) is 0.0913. The molecule has 14 heteroatoms. The minimum atomic E-state index is -0.871. The van der Waals surface area contributed by atoms with Crippen LogP contribution in [0.3, 0.4) is 0 Å². The second kappa shape index (κ2) is 16.1. The molecule has 2 aromatic heterocycles. The average molecular weight is 738 g/mol. The molecule has 0 radical (unpaired) electrons. The highest BCUT2D eigenvalue weighted by molar-refractivity contribution is 6.35. The summed E-state index contributed by atoms with van der Waals surface area (Å²) in [6.07, 6.45) is 4.48. The molecule has 0 spiro atoms. The number of aromatic nitrogens is 2. The number of pyridine rings is 2. The molecule has 7 rings (SSSR count). The van der Waals surface area contributed by atoms with Gasteiger partial charge in [-0.05, 0) is 79.4 Å². The maximum absolute atomic E-state index is 13.8.